The van der Waals surface area contributed by atoms with E-state index in [4.69, 9.17) is 4.98 Å². The lowest BCUT2D eigenvalue weighted by atomic mass is 10.3. The summed E-state index contributed by atoms with van der Waals surface area (Å²) in [6, 6.07) is 4.88. The van der Waals surface area contributed by atoms with Gasteiger partial charge in [-0.15, -0.1) is 32.9 Å². The molecule has 1 fully saturated rings. The first-order chi connectivity index (χ1) is 11.8. The summed E-state index contributed by atoms with van der Waals surface area (Å²) >= 11 is 5.33. The van der Waals surface area contributed by atoms with Crippen LogP contribution in [0.25, 0.3) is 0 Å². The topological polar surface area (TPSA) is 43.6 Å². The zero-order valence-electron chi connectivity index (χ0n) is 13.6. The van der Waals surface area contributed by atoms with Crippen LogP contribution in [0.1, 0.15) is 53.6 Å². The van der Waals surface area contributed by atoms with Crippen LogP contribution in [0.4, 0.5) is 0 Å². The van der Waals surface area contributed by atoms with Gasteiger partial charge in [-0.25, -0.2) is 4.98 Å². The summed E-state index contributed by atoms with van der Waals surface area (Å²) in [6.45, 7) is 2.20. The Bertz CT molecular complexity index is 787. The van der Waals surface area contributed by atoms with Crippen molar-refractivity contribution in [1.29, 1.82) is 0 Å². The van der Waals surface area contributed by atoms with Crippen LogP contribution < -0.4 is 0 Å². The fourth-order valence-corrected chi connectivity index (χ4v) is 5.30. The highest BCUT2D eigenvalue weighted by Gasteiger charge is 2.29. The molecule has 4 nitrogen and oxygen atoms in total. The van der Waals surface area contributed by atoms with E-state index in [1.807, 2.05) is 0 Å². The first kappa shape index (κ1) is 16.3. The Kier molecular flexibility index (Phi) is 5.01. The Balaban J connectivity index is 1.47. The number of aryl methyl sites for hydroxylation is 1. The molecule has 0 spiro atoms. The Hall–Kier alpha value is -1.18. The van der Waals surface area contributed by atoms with Gasteiger partial charge in [0.2, 0.25) is 0 Å². The van der Waals surface area contributed by atoms with E-state index in [1.165, 1.54) is 28.4 Å². The van der Waals surface area contributed by atoms with Gasteiger partial charge in [0.1, 0.15) is 5.82 Å². The number of thiazole rings is 1. The normalized spacial score (nSPS) is 14.4. The minimum atomic E-state index is 0.601. The molecule has 0 bridgehead atoms. The van der Waals surface area contributed by atoms with Crippen molar-refractivity contribution in [1.82, 2.24) is 19.7 Å². The number of aromatic nitrogens is 4. The number of rotatable bonds is 8. The Morgan fingerprint density at radius 2 is 2.21 bits per heavy atom. The third kappa shape index (κ3) is 3.73. The third-order valence-electron chi connectivity index (χ3n) is 3.97. The van der Waals surface area contributed by atoms with Gasteiger partial charge in [0.15, 0.2) is 5.16 Å². The quantitative estimate of drug-likeness (QED) is 0.521. The maximum Gasteiger partial charge on any atom is 0.191 e. The molecule has 0 aromatic carbocycles. The highest BCUT2D eigenvalue weighted by Crippen LogP contribution is 2.39. The predicted molar refractivity (Wildman–Crippen MR) is 101 cm³/mol. The molecule has 0 aliphatic heterocycles. The summed E-state index contributed by atoms with van der Waals surface area (Å²) in [4.78, 5) is 6.07. The second-order valence-corrected chi connectivity index (χ2v) is 8.94. The van der Waals surface area contributed by atoms with Crippen molar-refractivity contribution in [3.8, 4) is 0 Å². The molecule has 0 N–H and O–H groups in total. The molecule has 1 aliphatic rings. The molecular weight excluding hydrogens is 356 g/mol. The molecule has 0 atom stereocenters. The van der Waals surface area contributed by atoms with Gasteiger partial charge >= 0.3 is 0 Å². The average molecular weight is 377 g/mol. The summed E-state index contributed by atoms with van der Waals surface area (Å²) in [5.74, 6) is 1.98. The van der Waals surface area contributed by atoms with E-state index < -0.39 is 0 Å². The van der Waals surface area contributed by atoms with Gasteiger partial charge in [-0.1, -0.05) is 24.8 Å². The number of thiophene rings is 1. The highest BCUT2D eigenvalue weighted by atomic mass is 32.2. The Morgan fingerprint density at radius 3 is 2.96 bits per heavy atom. The van der Waals surface area contributed by atoms with E-state index in [0.29, 0.717) is 6.04 Å². The second-order valence-electron chi connectivity index (χ2n) is 6.03. The molecule has 7 heteroatoms. The van der Waals surface area contributed by atoms with Crippen LogP contribution in [0.2, 0.25) is 0 Å². The molecule has 0 radical (unpaired) electrons. The summed E-state index contributed by atoms with van der Waals surface area (Å²) in [5.41, 5.74) is 1.17. The van der Waals surface area contributed by atoms with Crippen molar-refractivity contribution < 1.29 is 0 Å². The number of hydrogen-bond acceptors (Lipinski definition) is 6. The third-order valence-corrected chi connectivity index (χ3v) is 6.78. The number of thioether (sulfide) groups is 1. The summed E-state index contributed by atoms with van der Waals surface area (Å²) in [7, 11) is 0. The van der Waals surface area contributed by atoms with E-state index in [1.54, 1.807) is 34.4 Å². The molecule has 3 aromatic heterocycles. The molecule has 1 aliphatic carbocycles. The number of nitrogens with zero attached hydrogens (tertiary/aromatic N) is 4. The van der Waals surface area contributed by atoms with Crippen LogP contribution in [-0.2, 0) is 18.6 Å². The fourth-order valence-electron chi connectivity index (χ4n) is 2.68. The fraction of sp³-hybridized carbons (Fsp3) is 0.471. The van der Waals surface area contributed by atoms with Gasteiger partial charge < -0.3 is 4.57 Å². The van der Waals surface area contributed by atoms with Gasteiger partial charge in [0, 0.05) is 28.5 Å². The van der Waals surface area contributed by atoms with Gasteiger partial charge in [-0.2, -0.15) is 0 Å². The Labute approximate surface area is 154 Å². The minimum Gasteiger partial charge on any atom is -0.303 e. The van der Waals surface area contributed by atoms with Crippen LogP contribution in [0.5, 0.6) is 0 Å². The van der Waals surface area contributed by atoms with Crippen molar-refractivity contribution in [3.05, 3.63) is 44.3 Å². The first-order valence-electron chi connectivity index (χ1n) is 8.35. The first-order valence-corrected chi connectivity index (χ1v) is 11.1. The van der Waals surface area contributed by atoms with Gasteiger partial charge in [-0.05, 0) is 37.1 Å². The second kappa shape index (κ2) is 7.37. The molecule has 24 heavy (non-hydrogen) atoms. The molecule has 0 saturated heterocycles. The van der Waals surface area contributed by atoms with Crippen molar-refractivity contribution in [3.63, 3.8) is 0 Å². The standard InChI is InChI=1S/C17H20N4S3/c1-2-4-16-18-12(10-23-16)11-24-17-20-19-15(21(17)13-6-7-13)9-14-5-3-8-22-14/h3,5,8,10,13H,2,4,6-7,9,11H2,1H3. The molecule has 0 unspecified atom stereocenters. The molecule has 4 rings (SSSR count). The molecular formula is C17H20N4S3. The SMILES string of the molecule is CCCc1nc(CSc2nnc(Cc3cccs3)n2C2CC2)cs1. The van der Waals surface area contributed by atoms with Crippen LogP contribution in [0.15, 0.2) is 28.0 Å². The molecule has 126 valence electrons. The molecule has 0 amide bonds. The zero-order chi connectivity index (χ0) is 16.4. The van der Waals surface area contributed by atoms with Crippen LogP contribution in [-0.4, -0.2) is 19.7 Å². The summed E-state index contributed by atoms with van der Waals surface area (Å²) < 4.78 is 2.36. The number of hydrogen-bond donors (Lipinski definition) is 0. The monoisotopic (exact) mass is 376 g/mol. The molecule has 3 heterocycles. The van der Waals surface area contributed by atoms with E-state index in [9.17, 15) is 0 Å². The average Bonchev–Trinajstić information content (AvgIpc) is 3.00. The lowest BCUT2D eigenvalue weighted by Crippen LogP contribution is -2.03. The lowest BCUT2D eigenvalue weighted by molar-refractivity contribution is 0.635. The van der Waals surface area contributed by atoms with Crippen LogP contribution >= 0.6 is 34.4 Å². The van der Waals surface area contributed by atoms with E-state index in [2.05, 4.69) is 44.6 Å². The maximum absolute atomic E-state index is 4.71. The van der Waals surface area contributed by atoms with Crippen molar-refractivity contribution in [2.24, 2.45) is 0 Å². The summed E-state index contributed by atoms with van der Waals surface area (Å²) in [5, 5.41) is 15.6. The minimum absolute atomic E-state index is 0.601. The maximum atomic E-state index is 4.71. The van der Waals surface area contributed by atoms with Crippen LogP contribution in [0.3, 0.4) is 0 Å². The van der Waals surface area contributed by atoms with E-state index in [0.717, 1.165) is 36.0 Å². The lowest BCUT2D eigenvalue weighted by Gasteiger charge is -2.07. The van der Waals surface area contributed by atoms with Gasteiger partial charge in [0.25, 0.3) is 0 Å². The largest absolute Gasteiger partial charge is 0.303 e. The van der Waals surface area contributed by atoms with Gasteiger partial charge in [-0.3, -0.25) is 0 Å². The van der Waals surface area contributed by atoms with Crippen molar-refractivity contribution in [2.75, 3.05) is 0 Å². The molecule has 1 saturated carbocycles. The van der Waals surface area contributed by atoms with Gasteiger partial charge in [0.05, 0.1) is 10.7 Å². The summed E-state index contributed by atoms with van der Waals surface area (Å²) in [6.07, 6.45) is 5.63. The zero-order valence-corrected chi connectivity index (χ0v) is 16.1. The van der Waals surface area contributed by atoms with E-state index in [-0.39, 0.29) is 0 Å². The predicted octanol–water partition coefficient (Wildman–Crippen LogP) is 4.97. The molecule has 3 aromatic rings. The van der Waals surface area contributed by atoms with Crippen LogP contribution in [0, 0.1) is 0 Å². The van der Waals surface area contributed by atoms with E-state index >= 15 is 0 Å². The van der Waals surface area contributed by atoms with Crippen molar-refractivity contribution in [2.45, 2.75) is 56.0 Å². The highest BCUT2D eigenvalue weighted by molar-refractivity contribution is 7.98. The smallest absolute Gasteiger partial charge is 0.191 e. The van der Waals surface area contributed by atoms with Crippen molar-refractivity contribution >= 4 is 34.4 Å². The Morgan fingerprint density at radius 1 is 1.29 bits per heavy atom.